The molecule has 0 fully saturated rings. The summed E-state index contributed by atoms with van der Waals surface area (Å²) < 4.78 is 6.94. The van der Waals surface area contributed by atoms with Crippen molar-refractivity contribution in [3.63, 3.8) is 0 Å². The van der Waals surface area contributed by atoms with Crippen molar-refractivity contribution in [2.24, 2.45) is 0 Å². The monoisotopic (exact) mass is 279 g/mol. The lowest BCUT2D eigenvalue weighted by Crippen LogP contribution is -2.31. The lowest BCUT2D eigenvalue weighted by atomic mass is 10.3. The minimum absolute atomic E-state index is 0.212. The van der Waals surface area contributed by atoms with E-state index in [1.54, 1.807) is 6.08 Å². The summed E-state index contributed by atoms with van der Waals surface area (Å²) >= 11 is 0. The van der Waals surface area contributed by atoms with E-state index in [2.05, 4.69) is 25.5 Å². The predicted molar refractivity (Wildman–Crippen MR) is 79.3 cm³/mol. The van der Waals surface area contributed by atoms with E-state index < -0.39 is 0 Å². The van der Waals surface area contributed by atoms with Crippen LogP contribution in [0.15, 0.2) is 24.9 Å². The van der Waals surface area contributed by atoms with Gasteiger partial charge in [-0.05, 0) is 26.3 Å². The molecule has 0 saturated carbocycles. The molecule has 5 heteroatoms. The highest BCUT2D eigenvalue weighted by Gasteiger charge is 2.13. The minimum Gasteiger partial charge on any atom is -0.465 e. The van der Waals surface area contributed by atoms with Crippen LogP contribution in [0.1, 0.15) is 38.9 Å². The van der Waals surface area contributed by atoms with Gasteiger partial charge in [0.15, 0.2) is 0 Å². The molecule has 1 aromatic heterocycles. The molecule has 0 spiro atoms. The fourth-order valence-corrected chi connectivity index (χ4v) is 1.88. The summed E-state index contributed by atoms with van der Waals surface area (Å²) in [6, 6.07) is 2.38. The Balaban J connectivity index is 2.62. The van der Waals surface area contributed by atoms with Crippen molar-refractivity contribution in [3.05, 3.63) is 30.6 Å². The highest BCUT2D eigenvalue weighted by atomic mass is 16.5. The zero-order valence-electron chi connectivity index (χ0n) is 12.7. The molecule has 1 aromatic rings. The molecule has 112 valence electrons. The molecule has 1 heterocycles. The molecule has 0 bridgehead atoms. The maximum Gasteiger partial charge on any atom is 0.320 e. The third kappa shape index (κ3) is 5.17. The van der Waals surface area contributed by atoms with Crippen LogP contribution in [0.5, 0.6) is 0 Å². The third-order valence-corrected chi connectivity index (χ3v) is 3.14. The van der Waals surface area contributed by atoms with Crippen LogP contribution in [0, 0.1) is 0 Å². The van der Waals surface area contributed by atoms with Gasteiger partial charge in [0.25, 0.3) is 0 Å². The van der Waals surface area contributed by atoms with Crippen molar-refractivity contribution in [2.75, 3.05) is 19.7 Å². The molecule has 20 heavy (non-hydrogen) atoms. The quantitative estimate of drug-likeness (QED) is 0.514. The molecule has 0 aromatic carbocycles. The van der Waals surface area contributed by atoms with E-state index in [-0.39, 0.29) is 12.5 Å². The zero-order chi connectivity index (χ0) is 15.0. The minimum atomic E-state index is -0.212. The summed E-state index contributed by atoms with van der Waals surface area (Å²) in [7, 11) is 0. The normalized spacial score (nSPS) is 12.4. The van der Waals surface area contributed by atoms with E-state index in [9.17, 15) is 4.79 Å². The lowest BCUT2D eigenvalue weighted by Gasteiger charge is -2.18. The summed E-state index contributed by atoms with van der Waals surface area (Å²) in [5.41, 5.74) is 0.955. The third-order valence-electron chi connectivity index (χ3n) is 3.14. The van der Waals surface area contributed by atoms with Crippen LogP contribution in [0.4, 0.5) is 0 Å². The predicted octanol–water partition coefficient (Wildman–Crippen LogP) is 2.41. The van der Waals surface area contributed by atoms with Gasteiger partial charge in [0.2, 0.25) is 0 Å². The van der Waals surface area contributed by atoms with E-state index in [1.165, 1.54) is 0 Å². The summed E-state index contributed by atoms with van der Waals surface area (Å²) in [5.74, 6) is -0.212. The second-order valence-corrected chi connectivity index (χ2v) is 4.81. The van der Waals surface area contributed by atoms with Crippen molar-refractivity contribution in [1.29, 1.82) is 0 Å². The van der Waals surface area contributed by atoms with E-state index in [1.807, 2.05) is 28.8 Å². The number of nitrogens with zero attached hydrogens (tertiary/aromatic N) is 3. The van der Waals surface area contributed by atoms with Gasteiger partial charge in [-0.15, -0.1) is 6.58 Å². The highest BCUT2D eigenvalue weighted by molar-refractivity contribution is 5.71. The summed E-state index contributed by atoms with van der Waals surface area (Å²) in [5, 5.41) is 4.54. The summed E-state index contributed by atoms with van der Waals surface area (Å²) in [6.07, 6.45) is 4.81. The van der Waals surface area contributed by atoms with Crippen molar-refractivity contribution >= 4 is 5.97 Å². The van der Waals surface area contributed by atoms with Crippen LogP contribution in [0.2, 0.25) is 0 Å². The molecule has 1 rings (SSSR count). The van der Waals surface area contributed by atoms with Crippen molar-refractivity contribution in [1.82, 2.24) is 14.7 Å². The zero-order valence-corrected chi connectivity index (χ0v) is 12.7. The number of ether oxygens (including phenoxy) is 1. The molecule has 1 unspecified atom stereocenters. The van der Waals surface area contributed by atoms with E-state index in [0.717, 1.165) is 12.1 Å². The van der Waals surface area contributed by atoms with Gasteiger partial charge in [0, 0.05) is 25.3 Å². The first-order valence-corrected chi connectivity index (χ1v) is 7.13. The van der Waals surface area contributed by atoms with Gasteiger partial charge in [-0.1, -0.05) is 13.0 Å². The SMILES string of the molecule is C=CCN(CC(=O)OCC)Cc1ccn(C(C)CC)n1. The topological polar surface area (TPSA) is 47.4 Å². The van der Waals surface area contributed by atoms with E-state index in [0.29, 0.717) is 25.7 Å². The molecule has 0 saturated heterocycles. The smallest absolute Gasteiger partial charge is 0.320 e. The van der Waals surface area contributed by atoms with Crippen LogP contribution in [-0.4, -0.2) is 40.3 Å². The van der Waals surface area contributed by atoms with Crippen LogP contribution in [-0.2, 0) is 16.1 Å². The number of hydrogen-bond donors (Lipinski definition) is 0. The Bertz CT molecular complexity index is 429. The molecule has 5 nitrogen and oxygen atoms in total. The average Bonchev–Trinajstić information content (AvgIpc) is 2.87. The average molecular weight is 279 g/mol. The van der Waals surface area contributed by atoms with Gasteiger partial charge in [0.05, 0.1) is 18.8 Å². The van der Waals surface area contributed by atoms with Crippen molar-refractivity contribution in [2.45, 2.75) is 39.8 Å². The second-order valence-electron chi connectivity index (χ2n) is 4.81. The summed E-state index contributed by atoms with van der Waals surface area (Å²) in [4.78, 5) is 13.5. The molecule has 0 aliphatic carbocycles. The molecule has 0 radical (unpaired) electrons. The Morgan fingerprint density at radius 2 is 2.35 bits per heavy atom. The van der Waals surface area contributed by atoms with Gasteiger partial charge in [-0.2, -0.15) is 5.10 Å². The van der Waals surface area contributed by atoms with Crippen LogP contribution in [0.3, 0.4) is 0 Å². The number of carbonyl (C=O) groups is 1. The molecule has 1 atom stereocenters. The van der Waals surface area contributed by atoms with E-state index >= 15 is 0 Å². The summed E-state index contributed by atoms with van der Waals surface area (Å²) in [6.45, 7) is 11.7. The Hall–Kier alpha value is -1.62. The fourth-order valence-electron chi connectivity index (χ4n) is 1.88. The Morgan fingerprint density at radius 1 is 1.60 bits per heavy atom. The van der Waals surface area contributed by atoms with E-state index in [4.69, 9.17) is 4.74 Å². The molecular formula is C15H25N3O2. The lowest BCUT2D eigenvalue weighted by molar-refractivity contribution is -0.144. The van der Waals surface area contributed by atoms with Gasteiger partial charge >= 0.3 is 5.97 Å². The first-order valence-electron chi connectivity index (χ1n) is 7.13. The molecule has 0 aliphatic rings. The van der Waals surface area contributed by atoms with Crippen LogP contribution < -0.4 is 0 Å². The maximum absolute atomic E-state index is 11.6. The first-order chi connectivity index (χ1) is 9.60. The van der Waals surface area contributed by atoms with Gasteiger partial charge in [-0.3, -0.25) is 14.4 Å². The Kier molecular flexibility index (Phi) is 7.01. The van der Waals surface area contributed by atoms with Crippen LogP contribution >= 0.6 is 0 Å². The van der Waals surface area contributed by atoms with Crippen molar-refractivity contribution in [3.8, 4) is 0 Å². The molecule has 0 N–H and O–H groups in total. The Labute approximate surface area is 121 Å². The van der Waals surface area contributed by atoms with Gasteiger partial charge in [-0.25, -0.2) is 0 Å². The Morgan fingerprint density at radius 3 is 2.95 bits per heavy atom. The number of rotatable bonds is 9. The number of esters is 1. The highest BCUT2D eigenvalue weighted by Crippen LogP contribution is 2.10. The molecular weight excluding hydrogens is 254 g/mol. The van der Waals surface area contributed by atoms with Gasteiger partial charge < -0.3 is 4.74 Å². The molecule has 0 aliphatic heterocycles. The van der Waals surface area contributed by atoms with Gasteiger partial charge in [0.1, 0.15) is 0 Å². The largest absolute Gasteiger partial charge is 0.465 e. The number of carbonyl (C=O) groups excluding carboxylic acids is 1. The maximum atomic E-state index is 11.6. The number of aromatic nitrogens is 2. The van der Waals surface area contributed by atoms with Crippen molar-refractivity contribution < 1.29 is 9.53 Å². The second kappa shape index (κ2) is 8.53. The number of hydrogen-bond acceptors (Lipinski definition) is 4. The van der Waals surface area contributed by atoms with Crippen LogP contribution in [0.25, 0.3) is 0 Å². The molecule has 0 amide bonds. The fraction of sp³-hybridized carbons (Fsp3) is 0.600. The first kappa shape index (κ1) is 16.4. The standard InChI is InChI=1S/C15H25N3O2/c1-5-9-17(12-15(19)20-7-3)11-14-8-10-18(16-14)13(4)6-2/h5,8,10,13H,1,6-7,9,11-12H2,2-4H3.